The van der Waals surface area contributed by atoms with E-state index >= 15 is 0 Å². The van der Waals surface area contributed by atoms with Crippen molar-refractivity contribution in [3.05, 3.63) is 65.0 Å². The number of rotatable bonds is 2. The van der Waals surface area contributed by atoms with Gasteiger partial charge in [-0.15, -0.1) is 0 Å². The molecule has 1 saturated carbocycles. The lowest BCUT2D eigenvalue weighted by Gasteiger charge is -2.23. The van der Waals surface area contributed by atoms with Crippen molar-refractivity contribution in [2.24, 2.45) is 5.41 Å². The normalized spacial score (nSPS) is 24.9. The van der Waals surface area contributed by atoms with Crippen LogP contribution in [0.3, 0.4) is 0 Å². The molecule has 2 nitrogen and oxygen atoms in total. The fourth-order valence-corrected chi connectivity index (χ4v) is 4.29. The topological polar surface area (TPSA) is 30.0 Å². The summed E-state index contributed by atoms with van der Waals surface area (Å²) in [6.45, 7) is 4.69. The van der Waals surface area contributed by atoms with Gasteiger partial charge in [-0.1, -0.05) is 50.2 Å². The van der Waals surface area contributed by atoms with E-state index in [4.69, 9.17) is 4.98 Å². The molecule has 2 aliphatic rings. The van der Waals surface area contributed by atoms with Crippen LogP contribution in [0.5, 0.6) is 0 Å². The maximum atomic E-state index is 12.6. The molecule has 0 amide bonds. The molecule has 2 aromatic rings. The van der Waals surface area contributed by atoms with Gasteiger partial charge in [0.2, 0.25) is 5.78 Å². The molecule has 2 aliphatic carbocycles. The van der Waals surface area contributed by atoms with Gasteiger partial charge in [0, 0.05) is 17.2 Å². The third-order valence-electron chi connectivity index (χ3n) is 5.47. The lowest BCUT2D eigenvalue weighted by atomic mass is 9.80. The second-order valence-corrected chi connectivity index (χ2v) is 6.87. The third kappa shape index (κ3) is 1.71. The van der Waals surface area contributed by atoms with E-state index in [1.165, 1.54) is 24.1 Å². The highest BCUT2D eigenvalue weighted by Crippen LogP contribution is 2.63. The van der Waals surface area contributed by atoms with E-state index in [1.807, 2.05) is 36.4 Å². The summed E-state index contributed by atoms with van der Waals surface area (Å²) in [7, 11) is 0. The molecule has 2 unspecified atom stereocenters. The first-order valence-corrected chi connectivity index (χ1v) is 7.69. The molecule has 0 aliphatic heterocycles. The molecule has 0 spiro atoms. The number of aromatic nitrogens is 1. The highest BCUT2D eigenvalue weighted by Gasteiger charge is 2.52. The number of ketones is 1. The molecule has 21 heavy (non-hydrogen) atoms. The molecule has 106 valence electrons. The van der Waals surface area contributed by atoms with Crippen molar-refractivity contribution in [3.8, 4) is 0 Å². The van der Waals surface area contributed by atoms with Crippen LogP contribution in [-0.2, 0) is 0 Å². The fourth-order valence-electron chi connectivity index (χ4n) is 4.29. The minimum atomic E-state index is 0.0268. The van der Waals surface area contributed by atoms with Crippen molar-refractivity contribution in [2.75, 3.05) is 0 Å². The van der Waals surface area contributed by atoms with E-state index in [1.54, 1.807) is 0 Å². The SMILES string of the molecule is CC1(C)C2CCC1c1nc(C(=O)c3ccccc3)ccc12. The zero-order valence-electron chi connectivity index (χ0n) is 12.5. The van der Waals surface area contributed by atoms with Crippen LogP contribution in [0.25, 0.3) is 0 Å². The molecule has 0 radical (unpaired) electrons. The first-order chi connectivity index (χ1) is 10.1. The van der Waals surface area contributed by atoms with E-state index in [9.17, 15) is 4.79 Å². The molecule has 1 heterocycles. The van der Waals surface area contributed by atoms with Crippen LogP contribution in [0.15, 0.2) is 42.5 Å². The smallest absolute Gasteiger partial charge is 0.211 e. The van der Waals surface area contributed by atoms with Crippen LogP contribution in [0.2, 0.25) is 0 Å². The van der Waals surface area contributed by atoms with E-state index < -0.39 is 0 Å². The van der Waals surface area contributed by atoms with Crippen LogP contribution in [0.4, 0.5) is 0 Å². The van der Waals surface area contributed by atoms with Crippen molar-refractivity contribution in [1.29, 1.82) is 0 Å². The van der Waals surface area contributed by atoms with Gasteiger partial charge in [0.1, 0.15) is 5.69 Å². The van der Waals surface area contributed by atoms with Gasteiger partial charge in [0.05, 0.1) is 0 Å². The number of carbonyl (C=O) groups excluding carboxylic acids is 1. The first-order valence-electron chi connectivity index (χ1n) is 7.69. The molecule has 0 saturated heterocycles. The summed E-state index contributed by atoms with van der Waals surface area (Å²) in [5.41, 5.74) is 4.15. The Kier molecular flexibility index (Phi) is 2.59. The molecule has 1 fully saturated rings. The van der Waals surface area contributed by atoms with E-state index in [0.29, 0.717) is 28.5 Å². The predicted molar refractivity (Wildman–Crippen MR) is 82.6 cm³/mol. The van der Waals surface area contributed by atoms with Crippen molar-refractivity contribution in [1.82, 2.24) is 4.98 Å². The first kappa shape index (κ1) is 12.8. The van der Waals surface area contributed by atoms with Crippen molar-refractivity contribution >= 4 is 5.78 Å². The zero-order valence-corrected chi connectivity index (χ0v) is 12.5. The summed E-state index contributed by atoms with van der Waals surface area (Å²) < 4.78 is 0. The molecular formula is C19H19NO. The second kappa shape index (κ2) is 4.27. The maximum Gasteiger partial charge on any atom is 0.211 e. The van der Waals surface area contributed by atoms with Gasteiger partial charge in [0.15, 0.2) is 0 Å². The Balaban J connectivity index is 1.76. The quantitative estimate of drug-likeness (QED) is 0.765. The minimum absolute atomic E-state index is 0.0268. The number of hydrogen-bond donors (Lipinski definition) is 0. The highest BCUT2D eigenvalue weighted by atomic mass is 16.1. The Morgan fingerprint density at radius 1 is 1.05 bits per heavy atom. The lowest BCUT2D eigenvalue weighted by molar-refractivity contribution is 0.103. The number of fused-ring (bicyclic) bond motifs is 5. The molecule has 2 atom stereocenters. The van der Waals surface area contributed by atoms with Gasteiger partial charge in [-0.2, -0.15) is 0 Å². The van der Waals surface area contributed by atoms with Crippen LogP contribution in [-0.4, -0.2) is 10.8 Å². The van der Waals surface area contributed by atoms with Crippen LogP contribution in [0.1, 0.15) is 65.8 Å². The van der Waals surface area contributed by atoms with E-state index in [2.05, 4.69) is 19.9 Å². The number of benzene rings is 1. The summed E-state index contributed by atoms with van der Waals surface area (Å²) in [5, 5.41) is 0. The standard InChI is InChI=1S/C19H19NO/c1-19(2)14-9-10-15(19)17-13(14)8-11-16(20-17)18(21)12-6-4-3-5-7-12/h3-8,11,14-15H,9-10H2,1-2H3. The van der Waals surface area contributed by atoms with Crippen molar-refractivity contribution in [3.63, 3.8) is 0 Å². The Bertz CT molecular complexity index is 718. The van der Waals surface area contributed by atoms with E-state index in [0.717, 1.165) is 0 Å². The number of pyridine rings is 1. The number of carbonyl (C=O) groups is 1. The summed E-state index contributed by atoms with van der Waals surface area (Å²) >= 11 is 0. The number of hydrogen-bond acceptors (Lipinski definition) is 2. The minimum Gasteiger partial charge on any atom is -0.287 e. The fraction of sp³-hybridized carbons (Fsp3) is 0.368. The van der Waals surface area contributed by atoms with E-state index in [-0.39, 0.29) is 5.78 Å². The average molecular weight is 277 g/mol. The van der Waals surface area contributed by atoms with Gasteiger partial charge >= 0.3 is 0 Å². The molecule has 0 N–H and O–H groups in total. The average Bonchev–Trinajstić information content (AvgIpc) is 2.93. The zero-order chi connectivity index (χ0) is 14.6. The van der Waals surface area contributed by atoms with Crippen LogP contribution >= 0.6 is 0 Å². The van der Waals surface area contributed by atoms with Crippen LogP contribution in [0, 0.1) is 5.41 Å². The third-order valence-corrected chi connectivity index (χ3v) is 5.47. The van der Waals surface area contributed by atoms with Gasteiger partial charge in [-0.25, -0.2) is 4.98 Å². The lowest BCUT2D eigenvalue weighted by Crippen LogP contribution is -2.14. The summed E-state index contributed by atoms with van der Waals surface area (Å²) in [6.07, 6.45) is 2.47. The Morgan fingerprint density at radius 2 is 1.76 bits per heavy atom. The Labute approximate surface area is 125 Å². The maximum absolute atomic E-state index is 12.6. The molecule has 1 aromatic carbocycles. The van der Waals surface area contributed by atoms with Gasteiger partial charge in [-0.3, -0.25) is 4.79 Å². The van der Waals surface area contributed by atoms with Crippen molar-refractivity contribution < 1.29 is 4.79 Å². The Hall–Kier alpha value is -1.96. The molecule has 2 bridgehead atoms. The molecule has 1 aromatic heterocycles. The number of nitrogens with zero attached hydrogens (tertiary/aromatic N) is 1. The summed E-state index contributed by atoms with van der Waals surface area (Å²) in [5.74, 6) is 1.16. The predicted octanol–water partition coefficient (Wildman–Crippen LogP) is 4.31. The van der Waals surface area contributed by atoms with Gasteiger partial charge in [-0.05, 0) is 35.8 Å². The Morgan fingerprint density at radius 3 is 2.52 bits per heavy atom. The van der Waals surface area contributed by atoms with Gasteiger partial charge in [0.25, 0.3) is 0 Å². The van der Waals surface area contributed by atoms with Crippen molar-refractivity contribution in [2.45, 2.75) is 38.5 Å². The van der Waals surface area contributed by atoms with Gasteiger partial charge < -0.3 is 0 Å². The molecular weight excluding hydrogens is 258 g/mol. The largest absolute Gasteiger partial charge is 0.287 e. The molecule has 4 rings (SSSR count). The summed E-state index contributed by atoms with van der Waals surface area (Å²) in [6, 6.07) is 13.5. The monoisotopic (exact) mass is 277 g/mol. The van der Waals surface area contributed by atoms with Crippen LogP contribution < -0.4 is 0 Å². The summed E-state index contributed by atoms with van der Waals surface area (Å²) in [4.78, 5) is 17.3. The highest BCUT2D eigenvalue weighted by molar-refractivity contribution is 6.07. The molecule has 2 heteroatoms. The second-order valence-electron chi connectivity index (χ2n) is 6.87.